The molecule has 0 unspecified atom stereocenters. The highest BCUT2D eigenvalue weighted by molar-refractivity contribution is 5.65. The van der Waals surface area contributed by atoms with Crippen LogP contribution in [0.3, 0.4) is 0 Å². The molecule has 1 fully saturated rings. The van der Waals surface area contributed by atoms with Gasteiger partial charge in [-0.15, -0.1) is 0 Å². The maximum Gasteiger partial charge on any atom is 0.407 e. The molecule has 5 heteroatoms. The number of amides is 1. The maximum atomic E-state index is 10.9. The van der Waals surface area contributed by atoms with Gasteiger partial charge in [0.15, 0.2) is 0 Å². The Balaban J connectivity index is 1.68. The zero-order valence-corrected chi connectivity index (χ0v) is 13.6. The third kappa shape index (κ3) is 4.13. The van der Waals surface area contributed by atoms with Gasteiger partial charge in [-0.05, 0) is 43.0 Å². The number of carboxylic acid groups (broad SMARTS) is 1. The Kier molecular flexibility index (Phi) is 4.79. The quantitative estimate of drug-likeness (QED) is 0.912. The number of rotatable bonds is 3. The Morgan fingerprint density at radius 2 is 2.04 bits per heavy atom. The summed E-state index contributed by atoms with van der Waals surface area (Å²) < 4.78 is 5.79. The topological polar surface area (TPSA) is 62.7 Å². The lowest BCUT2D eigenvalue weighted by atomic mass is 10.0. The average molecular weight is 324 g/mol. The third-order valence-electron chi connectivity index (χ3n) is 4.01. The van der Waals surface area contributed by atoms with Crippen LogP contribution in [0.25, 0.3) is 6.08 Å². The van der Waals surface area contributed by atoms with Crippen LogP contribution in [0.4, 0.5) is 4.79 Å². The molecule has 2 aromatic rings. The number of aromatic nitrogens is 1. The molecule has 1 aromatic heterocycles. The van der Waals surface area contributed by atoms with Gasteiger partial charge >= 0.3 is 6.09 Å². The van der Waals surface area contributed by atoms with E-state index in [9.17, 15) is 4.79 Å². The average Bonchev–Trinajstić information content (AvgIpc) is 2.58. The van der Waals surface area contributed by atoms with Crippen molar-refractivity contribution in [3.8, 4) is 11.6 Å². The van der Waals surface area contributed by atoms with E-state index in [0.717, 1.165) is 29.7 Å². The molecule has 0 atom stereocenters. The fourth-order valence-electron chi connectivity index (χ4n) is 2.67. The van der Waals surface area contributed by atoms with Crippen molar-refractivity contribution >= 4 is 12.2 Å². The van der Waals surface area contributed by atoms with Crippen molar-refractivity contribution in [2.75, 3.05) is 13.1 Å². The van der Waals surface area contributed by atoms with Crippen molar-refractivity contribution in [2.24, 2.45) is 0 Å². The highest BCUT2D eigenvalue weighted by Crippen LogP contribution is 2.24. The SMILES string of the molecule is Cc1ccc(Oc2cccc(C=C3CCN(C(=O)O)CC3)c2)nc1. The van der Waals surface area contributed by atoms with E-state index in [1.807, 2.05) is 43.3 Å². The van der Waals surface area contributed by atoms with Crippen LogP contribution in [0.2, 0.25) is 0 Å². The van der Waals surface area contributed by atoms with Gasteiger partial charge in [0.25, 0.3) is 0 Å². The van der Waals surface area contributed by atoms with E-state index < -0.39 is 6.09 Å². The van der Waals surface area contributed by atoms with Gasteiger partial charge in [0, 0.05) is 25.4 Å². The van der Waals surface area contributed by atoms with Gasteiger partial charge in [-0.25, -0.2) is 9.78 Å². The monoisotopic (exact) mass is 324 g/mol. The first-order valence-electron chi connectivity index (χ1n) is 7.98. The summed E-state index contributed by atoms with van der Waals surface area (Å²) in [5.74, 6) is 1.31. The summed E-state index contributed by atoms with van der Waals surface area (Å²) in [6, 6.07) is 11.6. The van der Waals surface area contributed by atoms with Crippen LogP contribution in [0.5, 0.6) is 11.6 Å². The largest absolute Gasteiger partial charge is 0.465 e. The zero-order chi connectivity index (χ0) is 16.9. The number of nitrogens with zero attached hydrogens (tertiary/aromatic N) is 2. The lowest BCUT2D eigenvalue weighted by molar-refractivity contribution is 0.142. The van der Waals surface area contributed by atoms with Crippen molar-refractivity contribution < 1.29 is 14.6 Å². The zero-order valence-electron chi connectivity index (χ0n) is 13.6. The molecule has 2 heterocycles. The lowest BCUT2D eigenvalue weighted by Gasteiger charge is -2.25. The van der Waals surface area contributed by atoms with Crippen LogP contribution < -0.4 is 4.74 Å². The molecule has 1 aliphatic heterocycles. The summed E-state index contributed by atoms with van der Waals surface area (Å²) in [5.41, 5.74) is 3.41. The van der Waals surface area contributed by atoms with E-state index >= 15 is 0 Å². The summed E-state index contributed by atoms with van der Waals surface area (Å²) in [6.07, 6.45) is 4.61. The summed E-state index contributed by atoms with van der Waals surface area (Å²) in [5, 5.41) is 8.99. The fraction of sp³-hybridized carbons (Fsp3) is 0.263. The molecular formula is C19H20N2O3. The normalized spacial score (nSPS) is 14.4. The fourth-order valence-corrected chi connectivity index (χ4v) is 2.67. The first-order chi connectivity index (χ1) is 11.6. The van der Waals surface area contributed by atoms with Gasteiger partial charge in [0.05, 0.1) is 0 Å². The van der Waals surface area contributed by atoms with Crippen LogP contribution in [0, 0.1) is 6.92 Å². The van der Waals surface area contributed by atoms with Crippen molar-refractivity contribution in [3.63, 3.8) is 0 Å². The molecule has 24 heavy (non-hydrogen) atoms. The number of pyridine rings is 1. The number of hydrogen-bond acceptors (Lipinski definition) is 3. The minimum Gasteiger partial charge on any atom is -0.465 e. The lowest BCUT2D eigenvalue weighted by Crippen LogP contribution is -2.35. The second-order valence-electron chi connectivity index (χ2n) is 5.92. The molecule has 0 aliphatic carbocycles. The van der Waals surface area contributed by atoms with Crippen LogP contribution in [-0.4, -0.2) is 34.2 Å². The van der Waals surface area contributed by atoms with Gasteiger partial charge in [0.2, 0.25) is 5.88 Å². The second kappa shape index (κ2) is 7.17. The Morgan fingerprint density at radius 3 is 2.71 bits per heavy atom. The Labute approximate surface area is 141 Å². The van der Waals surface area contributed by atoms with Crippen LogP contribution in [0.15, 0.2) is 48.2 Å². The number of ether oxygens (including phenoxy) is 1. The van der Waals surface area contributed by atoms with Gasteiger partial charge in [-0.3, -0.25) is 0 Å². The first kappa shape index (κ1) is 16.1. The minimum atomic E-state index is -0.838. The Bertz CT molecular complexity index is 743. The van der Waals surface area contributed by atoms with Gasteiger partial charge < -0.3 is 14.7 Å². The van der Waals surface area contributed by atoms with Crippen LogP contribution >= 0.6 is 0 Å². The molecule has 124 valence electrons. The predicted octanol–water partition coefficient (Wildman–Crippen LogP) is 4.34. The Hall–Kier alpha value is -2.82. The van der Waals surface area contributed by atoms with Crippen LogP contribution in [-0.2, 0) is 0 Å². The molecule has 3 rings (SSSR count). The molecule has 5 nitrogen and oxygen atoms in total. The minimum absolute atomic E-state index is 0.560. The molecular weight excluding hydrogens is 304 g/mol. The van der Waals surface area contributed by atoms with Crippen molar-refractivity contribution in [1.29, 1.82) is 0 Å². The molecule has 1 amide bonds. The highest BCUT2D eigenvalue weighted by Gasteiger charge is 2.17. The summed E-state index contributed by atoms with van der Waals surface area (Å²) in [4.78, 5) is 16.6. The second-order valence-corrected chi connectivity index (χ2v) is 5.92. The summed E-state index contributed by atoms with van der Waals surface area (Å²) in [7, 11) is 0. The number of benzene rings is 1. The van der Waals surface area contributed by atoms with Crippen molar-refractivity contribution in [2.45, 2.75) is 19.8 Å². The van der Waals surface area contributed by atoms with Crippen molar-refractivity contribution in [3.05, 3.63) is 59.3 Å². The van der Waals surface area contributed by atoms with Gasteiger partial charge in [-0.1, -0.05) is 29.8 Å². The Morgan fingerprint density at radius 1 is 1.25 bits per heavy atom. The molecule has 1 N–H and O–H groups in total. The highest BCUT2D eigenvalue weighted by atomic mass is 16.5. The maximum absolute atomic E-state index is 10.9. The van der Waals surface area contributed by atoms with E-state index in [4.69, 9.17) is 9.84 Å². The van der Waals surface area contributed by atoms with E-state index in [0.29, 0.717) is 19.0 Å². The standard InChI is InChI=1S/C19H20N2O3/c1-14-5-6-18(20-13-14)24-17-4-2-3-16(12-17)11-15-7-9-21(10-8-15)19(22)23/h2-6,11-13H,7-10H2,1H3,(H,22,23). The van der Waals surface area contributed by atoms with E-state index in [1.165, 1.54) is 10.5 Å². The van der Waals surface area contributed by atoms with E-state index in [2.05, 4.69) is 11.1 Å². The van der Waals surface area contributed by atoms with E-state index in [-0.39, 0.29) is 0 Å². The number of aryl methyl sites for hydroxylation is 1. The number of carbonyl (C=O) groups is 1. The number of piperidine rings is 1. The molecule has 1 saturated heterocycles. The number of hydrogen-bond donors (Lipinski definition) is 1. The molecule has 0 radical (unpaired) electrons. The first-order valence-corrected chi connectivity index (χ1v) is 7.98. The third-order valence-corrected chi connectivity index (χ3v) is 4.01. The molecule has 1 aromatic carbocycles. The molecule has 0 bridgehead atoms. The predicted molar refractivity (Wildman–Crippen MR) is 92.3 cm³/mol. The summed E-state index contributed by atoms with van der Waals surface area (Å²) in [6.45, 7) is 3.11. The number of likely N-dealkylation sites (tertiary alicyclic amines) is 1. The molecule has 0 spiro atoms. The van der Waals surface area contributed by atoms with Crippen LogP contribution in [0.1, 0.15) is 24.0 Å². The van der Waals surface area contributed by atoms with Crippen molar-refractivity contribution in [1.82, 2.24) is 9.88 Å². The van der Waals surface area contributed by atoms with Gasteiger partial charge in [0.1, 0.15) is 5.75 Å². The summed E-state index contributed by atoms with van der Waals surface area (Å²) >= 11 is 0. The van der Waals surface area contributed by atoms with Gasteiger partial charge in [-0.2, -0.15) is 0 Å². The van der Waals surface area contributed by atoms with E-state index in [1.54, 1.807) is 6.20 Å². The molecule has 1 aliphatic rings. The molecule has 0 saturated carbocycles. The smallest absolute Gasteiger partial charge is 0.407 e.